The summed E-state index contributed by atoms with van der Waals surface area (Å²) in [7, 11) is 5.60. The van der Waals surface area contributed by atoms with Crippen LogP contribution in [0.2, 0.25) is 0 Å². The average molecular weight is 767 g/mol. The molecular formula is C40H41F3N2O10. The van der Waals surface area contributed by atoms with Crippen molar-refractivity contribution in [3.63, 3.8) is 0 Å². The molecule has 1 N–H and O–H groups in total. The number of methoxy groups -OCH3 is 4. The third-order valence-corrected chi connectivity index (χ3v) is 11.0. The number of carbonyl (C=O) groups is 3. The Bertz CT molecular complexity index is 2070. The van der Waals surface area contributed by atoms with Crippen LogP contribution < -0.4 is 18.9 Å². The third kappa shape index (κ3) is 7.62. The van der Waals surface area contributed by atoms with Crippen LogP contribution in [0.15, 0.2) is 54.6 Å². The number of carbonyl (C=O) groups excluding carboxylic acids is 3. The van der Waals surface area contributed by atoms with Gasteiger partial charge in [-0.1, -0.05) is 12.1 Å². The number of benzene rings is 3. The Labute approximate surface area is 314 Å². The molecule has 0 spiro atoms. The molecule has 3 aliphatic rings. The summed E-state index contributed by atoms with van der Waals surface area (Å²) >= 11 is 0. The number of rotatable bonds is 9. The van der Waals surface area contributed by atoms with Crippen molar-refractivity contribution in [2.24, 2.45) is 17.8 Å². The van der Waals surface area contributed by atoms with Crippen molar-refractivity contribution in [3.05, 3.63) is 82.5 Å². The summed E-state index contributed by atoms with van der Waals surface area (Å²) in [5.41, 5.74) is 2.74. The highest BCUT2D eigenvalue weighted by Gasteiger charge is 2.49. The van der Waals surface area contributed by atoms with Gasteiger partial charge in [-0.05, 0) is 85.0 Å². The number of aromatic amines is 1. The summed E-state index contributed by atoms with van der Waals surface area (Å²) in [5.74, 6) is -0.994. The van der Waals surface area contributed by atoms with E-state index in [1.54, 1.807) is 7.11 Å². The summed E-state index contributed by atoms with van der Waals surface area (Å²) in [4.78, 5) is 45.7. The molecule has 4 aromatic rings. The Kier molecular flexibility index (Phi) is 10.6. The van der Waals surface area contributed by atoms with Crippen molar-refractivity contribution in [1.29, 1.82) is 0 Å². The van der Waals surface area contributed by atoms with E-state index in [2.05, 4.69) is 16.0 Å². The Hall–Kier alpha value is -5.44. The average Bonchev–Trinajstić information content (AvgIpc) is 3.56. The molecule has 0 unspecified atom stereocenters. The molecule has 55 heavy (non-hydrogen) atoms. The lowest BCUT2D eigenvalue weighted by Gasteiger charge is -2.51. The third-order valence-electron chi connectivity index (χ3n) is 11.0. The van der Waals surface area contributed by atoms with E-state index >= 15 is 0 Å². The smallest absolute Gasteiger partial charge is 0.497 e. The highest BCUT2D eigenvalue weighted by molar-refractivity contribution is 5.91. The molecule has 0 radical (unpaired) electrons. The number of esters is 2. The molecule has 2 fully saturated rings. The summed E-state index contributed by atoms with van der Waals surface area (Å²) in [5, 5.41) is 1.18. The van der Waals surface area contributed by atoms with Gasteiger partial charge in [-0.3, -0.25) is 9.69 Å². The van der Waals surface area contributed by atoms with Gasteiger partial charge in [-0.25, -0.2) is 9.59 Å². The van der Waals surface area contributed by atoms with E-state index in [-0.39, 0.29) is 58.6 Å². The van der Waals surface area contributed by atoms with Crippen LogP contribution in [0.5, 0.6) is 23.0 Å². The number of H-pyrrole nitrogens is 1. The lowest BCUT2D eigenvalue weighted by Crippen LogP contribution is -2.52. The number of ether oxygens (including phenoxy) is 7. The number of nitrogens with zero attached hydrogens (tertiary/aromatic N) is 1. The number of fused-ring (bicyclic) bond motifs is 6. The predicted molar refractivity (Wildman–Crippen MR) is 190 cm³/mol. The molecular weight excluding hydrogens is 725 g/mol. The Balaban J connectivity index is 1.04. The van der Waals surface area contributed by atoms with Crippen molar-refractivity contribution in [3.8, 4) is 23.0 Å². The zero-order chi connectivity index (χ0) is 39.0. The van der Waals surface area contributed by atoms with Crippen molar-refractivity contribution >= 4 is 29.0 Å². The fourth-order valence-corrected chi connectivity index (χ4v) is 8.47. The maximum atomic E-state index is 13.7. The molecule has 12 nitrogen and oxygen atoms in total. The van der Waals surface area contributed by atoms with E-state index in [0.29, 0.717) is 6.42 Å². The summed E-state index contributed by atoms with van der Waals surface area (Å²) in [6.45, 7) is 1.10. The van der Waals surface area contributed by atoms with Crippen molar-refractivity contribution in [2.75, 3.05) is 41.5 Å². The van der Waals surface area contributed by atoms with Gasteiger partial charge in [0.25, 0.3) is 0 Å². The number of piperidine rings is 1. The van der Waals surface area contributed by atoms with Gasteiger partial charge in [0.05, 0.1) is 51.5 Å². The van der Waals surface area contributed by atoms with Crippen LogP contribution in [0.3, 0.4) is 0 Å². The van der Waals surface area contributed by atoms with E-state index in [9.17, 15) is 27.6 Å². The van der Waals surface area contributed by atoms with Crippen LogP contribution in [0.25, 0.3) is 10.9 Å². The first-order valence-electron chi connectivity index (χ1n) is 17.9. The molecule has 292 valence electrons. The second-order valence-corrected chi connectivity index (χ2v) is 14.0. The predicted octanol–water partition coefficient (Wildman–Crippen LogP) is 7.27. The Morgan fingerprint density at radius 3 is 2.36 bits per heavy atom. The number of hydrogen-bond acceptors (Lipinski definition) is 11. The van der Waals surface area contributed by atoms with Crippen LogP contribution in [-0.4, -0.2) is 75.6 Å². The maximum Gasteiger partial charge on any atom is 0.514 e. The first kappa shape index (κ1) is 37.9. The van der Waals surface area contributed by atoms with Crippen molar-refractivity contribution < 1.29 is 60.7 Å². The van der Waals surface area contributed by atoms with E-state index in [0.717, 1.165) is 49.3 Å². The zero-order valence-corrected chi connectivity index (χ0v) is 30.7. The number of aromatic nitrogens is 1. The van der Waals surface area contributed by atoms with Crippen LogP contribution in [0.4, 0.5) is 18.0 Å². The quantitative estimate of drug-likeness (QED) is 0.105. The van der Waals surface area contributed by atoms with Gasteiger partial charge in [-0.15, -0.1) is 0 Å². The van der Waals surface area contributed by atoms with Crippen LogP contribution in [0, 0.1) is 17.8 Å². The number of nitrogens with one attached hydrogen (secondary N) is 1. The highest BCUT2D eigenvalue weighted by atomic mass is 19.4. The van der Waals surface area contributed by atoms with Crippen molar-refractivity contribution in [2.45, 2.75) is 50.6 Å². The van der Waals surface area contributed by atoms with Crippen molar-refractivity contribution in [1.82, 2.24) is 9.88 Å². The monoisotopic (exact) mass is 766 g/mol. The standard InChI is InChI=1S/C40H41F3N2O10/c1-49-25-8-9-27-28-10-11-45-19-23-13-26(16-30(38(47)52-4)29(23)18-32(45)35(28)44-31(27)17-25)54-37(46)22-14-33(50-2)36(34(15-22)51-3)55-39(48)53-20-21-6-5-7-24(12-21)40(41,42)43/h5-9,12,14-15,17,23,26,29-30,32,44H,10-11,13,16,18-20H2,1-4H3/t23-,26-,29+,30-,32-/m1/s1. The van der Waals surface area contributed by atoms with Gasteiger partial charge >= 0.3 is 24.3 Å². The lowest BCUT2D eigenvalue weighted by atomic mass is 9.65. The van der Waals surface area contributed by atoms with Crippen LogP contribution >= 0.6 is 0 Å². The van der Waals surface area contributed by atoms with E-state index in [1.807, 2.05) is 12.1 Å². The fraction of sp³-hybridized carbons (Fsp3) is 0.425. The molecule has 0 bridgehead atoms. The SMILES string of the molecule is COC(=O)[C@@H]1C[C@H](OC(=O)c2cc(OC)c(OC(=O)OCc3cccc(C(F)(F)F)c3)c(OC)c2)C[C@@H]2CN3CCc4c([nH]c5cc(OC)ccc45)[C@H]3C[C@@H]21. The lowest BCUT2D eigenvalue weighted by molar-refractivity contribution is -0.155. The van der Waals surface area contributed by atoms with E-state index in [4.69, 9.17) is 33.2 Å². The van der Waals surface area contributed by atoms with Crippen LogP contribution in [-0.2, 0) is 38.2 Å². The largest absolute Gasteiger partial charge is 0.514 e. The molecule has 3 aromatic carbocycles. The molecule has 2 aliphatic heterocycles. The van der Waals surface area contributed by atoms with Crippen LogP contribution in [0.1, 0.15) is 58.0 Å². The molecule has 15 heteroatoms. The van der Waals surface area contributed by atoms with Gasteiger partial charge < -0.3 is 38.1 Å². The molecule has 1 aromatic heterocycles. The zero-order valence-electron chi connectivity index (χ0n) is 30.7. The summed E-state index contributed by atoms with van der Waals surface area (Å²) in [6, 6.07) is 13.2. The minimum absolute atomic E-state index is 0.0144. The molecule has 1 saturated heterocycles. The Morgan fingerprint density at radius 2 is 1.67 bits per heavy atom. The fourth-order valence-electron chi connectivity index (χ4n) is 8.47. The summed E-state index contributed by atoms with van der Waals surface area (Å²) < 4.78 is 77.2. The topological polar surface area (TPSA) is 135 Å². The molecule has 1 saturated carbocycles. The van der Waals surface area contributed by atoms with Gasteiger partial charge in [0.2, 0.25) is 5.75 Å². The maximum absolute atomic E-state index is 13.7. The Morgan fingerprint density at radius 1 is 0.909 bits per heavy atom. The first-order chi connectivity index (χ1) is 26.4. The molecule has 1 aliphatic carbocycles. The normalized spacial score (nSPS) is 22.1. The summed E-state index contributed by atoms with van der Waals surface area (Å²) in [6.07, 6.45) is -3.91. The molecule has 3 heterocycles. The van der Waals surface area contributed by atoms with E-state index in [1.165, 1.54) is 62.2 Å². The number of hydrogen-bond donors (Lipinski definition) is 1. The second-order valence-electron chi connectivity index (χ2n) is 14.0. The minimum Gasteiger partial charge on any atom is -0.497 e. The van der Waals surface area contributed by atoms with Gasteiger partial charge in [0.1, 0.15) is 18.5 Å². The van der Waals surface area contributed by atoms with E-state index < -0.39 is 42.5 Å². The van der Waals surface area contributed by atoms with Gasteiger partial charge in [0.15, 0.2) is 11.5 Å². The molecule has 5 atom stereocenters. The van der Waals surface area contributed by atoms with Gasteiger partial charge in [-0.2, -0.15) is 13.2 Å². The number of alkyl halides is 3. The molecule has 7 rings (SSSR count). The first-order valence-corrected chi connectivity index (χ1v) is 17.9. The van der Waals surface area contributed by atoms with Gasteiger partial charge in [0, 0.05) is 35.8 Å². The highest BCUT2D eigenvalue weighted by Crippen LogP contribution is 2.50. The molecule has 0 amide bonds. The number of halogens is 3. The minimum atomic E-state index is -4.56. The second kappa shape index (κ2) is 15.4.